The van der Waals surface area contributed by atoms with Gasteiger partial charge in [0.15, 0.2) is 8.07 Å². The fourth-order valence-corrected chi connectivity index (χ4v) is 15.6. The number of anilines is 3. The summed E-state index contributed by atoms with van der Waals surface area (Å²) in [5.74, 6) is 0. The predicted octanol–water partition coefficient (Wildman–Crippen LogP) is 11.0. The monoisotopic (exact) mass is 1030 g/mol. The van der Waals surface area contributed by atoms with E-state index >= 15 is 4.39 Å². The number of para-hydroxylation sites is 3. The predicted molar refractivity (Wildman–Crippen MR) is 261 cm³/mol. The second-order valence-electron chi connectivity index (χ2n) is 16.4. The van der Waals surface area contributed by atoms with Crippen molar-refractivity contribution in [1.29, 1.82) is 0 Å². The van der Waals surface area contributed by atoms with Crippen LogP contribution in [0, 0.1) is 12.1 Å². The van der Waals surface area contributed by atoms with Crippen LogP contribution >= 0.6 is 0 Å². The smallest absolute Gasteiger partial charge is 0.340 e. The molecule has 13 rings (SSSR count). The van der Waals surface area contributed by atoms with Gasteiger partial charge in [-0.15, -0.1) is 29.8 Å². The van der Waals surface area contributed by atoms with Crippen LogP contribution in [-0.2, 0) is 21.1 Å². The average molecular weight is 1030 g/mol. The number of benzene rings is 8. The zero-order chi connectivity index (χ0) is 42.4. The molecule has 0 aliphatic carbocycles. The molecule has 0 saturated carbocycles. The van der Waals surface area contributed by atoms with Crippen LogP contribution in [0.5, 0.6) is 0 Å². The number of hydrogen-bond acceptors (Lipinski definition) is 3. The number of nitrogens with zero attached hydrogens (tertiary/aromatic N) is 5. The molecule has 0 saturated heterocycles. The van der Waals surface area contributed by atoms with Crippen LogP contribution in [0.3, 0.4) is 0 Å². The van der Waals surface area contributed by atoms with Gasteiger partial charge < -0.3 is 13.9 Å². The van der Waals surface area contributed by atoms with Crippen molar-refractivity contribution in [2.45, 2.75) is 6.17 Å². The van der Waals surface area contributed by atoms with Crippen LogP contribution in [0.15, 0.2) is 213 Å². The maximum atomic E-state index is 17.4. The summed E-state index contributed by atoms with van der Waals surface area (Å²) in [6.45, 7) is 0. The van der Waals surface area contributed by atoms with Gasteiger partial charge in [-0.05, 0) is 62.5 Å². The molecule has 5 nitrogen and oxygen atoms in total. The molecule has 0 N–H and O–H groups in total. The van der Waals surface area contributed by atoms with E-state index in [0.29, 0.717) is 16.8 Å². The Morgan fingerprint density at radius 2 is 1.17 bits per heavy atom. The van der Waals surface area contributed by atoms with Gasteiger partial charge in [0, 0.05) is 46.3 Å². The summed E-state index contributed by atoms with van der Waals surface area (Å²) in [7, 11) is -3.02. The fourth-order valence-electron chi connectivity index (χ4n) is 10.5. The van der Waals surface area contributed by atoms with Crippen molar-refractivity contribution in [3.05, 3.63) is 236 Å². The molecule has 12 aromatic rings. The van der Waals surface area contributed by atoms with Gasteiger partial charge >= 0.3 is 21.1 Å². The first-order chi connectivity index (χ1) is 31.7. The van der Waals surface area contributed by atoms with Crippen molar-refractivity contribution in [2.24, 2.45) is 0 Å². The van der Waals surface area contributed by atoms with Gasteiger partial charge in [-0.25, -0.2) is 9.37 Å². The van der Waals surface area contributed by atoms with Gasteiger partial charge in [0.1, 0.15) is 11.8 Å². The summed E-state index contributed by atoms with van der Waals surface area (Å²) in [5, 5.41) is 10.1. The molecular weight excluding hydrogens is 997 g/mol. The number of rotatable bonds is 6. The number of imidazole rings is 1. The van der Waals surface area contributed by atoms with Crippen LogP contribution < -0.4 is 25.6 Å². The molecule has 5 heterocycles. The van der Waals surface area contributed by atoms with Gasteiger partial charge in [-0.2, -0.15) is 18.2 Å². The number of fused-ring (bicyclic) bond motifs is 12. The van der Waals surface area contributed by atoms with Gasteiger partial charge in [-0.3, -0.25) is 4.98 Å². The first kappa shape index (κ1) is 39.2. The molecule has 0 fully saturated rings. The van der Waals surface area contributed by atoms with E-state index in [1.54, 1.807) is 6.20 Å². The Kier molecular flexibility index (Phi) is 9.26. The molecule has 0 amide bonds. The van der Waals surface area contributed by atoms with E-state index in [1.165, 1.54) is 20.7 Å². The van der Waals surface area contributed by atoms with E-state index in [1.807, 2.05) is 60.9 Å². The molecule has 1 aliphatic heterocycles. The molecule has 0 bridgehead atoms. The van der Waals surface area contributed by atoms with Gasteiger partial charge in [0.05, 0.1) is 16.9 Å². The second-order valence-corrected chi connectivity index (χ2v) is 20.2. The third kappa shape index (κ3) is 5.72. The van der Waals surface area contributed by atoms with E-state index in [9.17, 15) is 0 Å². The first-order valence-electron chi connectivity index (χ1n) is 21.5. The van der Waals surface area contributed by atoms with Gasteiger partial charge in [0.2, 0.25) is 0 Å². The molecular formula is C57H36FN5PtSi. The van der Waals surface area contributed by atoms with Crippen molar-refractivity contribution in [1.82, 2.24) is 18.9 Å². The summed E-state index contributed by atoms with van der Waals surface area (Å²) >= 11 is 0. The zero-order valence-electron chi connectivity index (χ0n) is 34.7. The van der Waals surface area contributed by atoms with Crippen molar-refractivity contribution in [3.8, 4) is 5.69 Å². The summed E-state index contributed by atoms with van der Waals surface area (Å²) in [5.41, 5.74) is 8.35. The fraction of sp³-hybridized carbons (Fsp3) is 0.0175. The molecule has 65 heavy (non-hydrogen) atoms. The van der Waals surface area contributed by atoms with E-state index < -0.39 is 14.2 Å². The van der Waals surface area contributed by atoms with Crippen LogP contribution in [0.2, 0.25) is 0 Å². The Balaban J connectivity index is 0.00000444. The largest absolute Gasteiger partial charge is 2.00 e. The van der Waals surface area contributed by atoms with Crippen LogP contribution in [0.25, 0.3) is 54.9 Å². The molecule has 0 spiro atoms. The van der Waals surface area contributed by atoms with E-state index in [4.69, 9.17) is 9.97 Å². The third-order valence-electron chi connectivity index (χ3n) is 13.1. The molecule has 4 aromatic heterocycles. The van der Waals surface area contributed by atoms with Crippen molar-refractivity contribution in [2.75, 3.05) is 4.90 Å². The minimum atomic E-state index is -3.02. The maximum absolute atomic E-state index is 17.4. The summed E-state index contributed by atoms with van der Waals surface area (Å²) in [6.07, 6.45) is 4.07. The Bertz CT molecular complexity index is 3740. The van der Waals surface area contributed by atoms with Crippen molar-refractivity contribution < 1.29 is 25.5 Å². The quantitative estimate of drug-likeness (QED) is 0.0946. The molecule has 8 aromatic carbocycles. The average Bonchev–Trinajstić information content (AvgIpc) is 4.01. The SMILES string of the molecule is FC(c1[c-]c(-n2c3ncccc3c3ccc4c(c32)N(c2ccccc2)c2ccccc2[Si]4(c2ccccc2)c2ccccc2)ccc1)c1[c-]c2c(cc1)c1ccccc1n1ccnc21.[Pt+2]. The van der Waals surface area contributed by atoms with Crippen molar-refractivity contribution >= 4 is 95.1 Å². The minimum Gasteiger partial charge on any atom is -0.340 e. The zero-order valence-corrected chi connectivity index (χ0v) is 38.0. The Labute approximate surface area is 390 Å². The van der Waals surface area contributed by atoms with Gasteiger partial charge in [-0.1, -0.05) is 149 Å². The molecule has 310 valence electrons. The molecule has 0 radical (unpaired) electrons. The number of halogens is 1. The van der Waals surface area contributed by atoms with Crippen LogP contribution in [0.1, 0.15) is 17.3 Å². The topological polar surface area (TPSA) is 38.4 Å². The van der Waals surface area contributed by atoms with Gasteiger partial charge in [0.25, 0.3) is 0 Å². The summed E-state index contributed by atoms with van der Waals surface area (Å²) in [6, 6.07) is 75.4. The van der Waals surface area contributed by atoms with Crippen LogP contribution in [-0.4, -0.2) is 27.0 Å². The normalized spacial score (nSPS) is 13.5. The Morgan fingerprint density at radius 1 is 0.508 bits per heavy atom. The molecule has 1 aliphatic rings. The standard InChI is InChI=1S/C57H36FN5Si.Pt/c58-53(39-29-30-44-45-24-10-11-26-49(45)61-35-34-60-56(61)48(44)37-39)38-16-14-19-41(36-38)63-54-46(47-25-15-33-59-57(47)63)31-32-52-55(54)62(40-17-4-1-5-18-40)50-27-12-13-28-51(50)64(52,42-20-6-2-7-21-42)43-22-8-3-9-23-43;/h1-35,53H;/q-2;+2. The van der Waals surface area contributed by atoms with E-state index in [0.717, 1.165) is 66.3 Å². The van der Waals surface area contributed by atoms with Crippen molar-refractivity contribution in [3.63, 3.8) is 0 Å². The molecule has 1 atom stereocenters. The number of pyridine rings is 2. The maximum Gasteiger partial charge on any atom is 2.00 e. The summed E-state index contributed by atoms with van der Waals surface area (Å²) < 4.78 is 21.6. The van der Waals surface area contributed by atoms with Crippen LogP contribution in [0.4, 0.5) is 21.5 Å². The Morgan fingerprint density at radius 3 is 1.97 bits per heavy atom. The minimum absolute atomic E-state index is 0. The number of aromatic nitrogens is 4. The second kappa shape index (κ2) is 15.4. The van der Waals surface area contributed by atoms with E-state index in [-0.39, 0.29) is 21.1 Å². The molecule has 8 heteroatoms. The first-order valence-corrected chi connectivity index (χ1v) is 23.5. The van der Waals surface area contributed by atoms with E-state index in [2.05, 4.69) is 172 Å². The molecule has 1 unspecified atom stereocenters. The number of hydrogen-bond donors (Lipinski definition) is 0. The third-order valence-corrected chi connectivity index (χ3v) is 18.0. The summed E-state index contributed by atoms with van der Waals surface area (Å²) in [4.78, 5) is 12.2. The Hall–Kier alpha value is -7.44. The number of alkyl halides is 1.